The summed E-state index contributed by atoms with van der Waals surface area (Å²) in [7, 11) is 3.26. The fourth-order valence-electron chi connectivity index (χ4n) is 4.10. The molecule has 0 saturated carbocycles. The second-order valence-corrected chi connectivity index (χ2v) is 7.98. The average Bonchev–Trinajstić information content (AvgIpc) is 2.99. The van der Waals surface area contributed by atoms with Crippen LogP contribution in [0, 0.1) is 0 Å². The Morgan fingerprint density at radius 1 is 1.23 bits per heavy atom. The Bertz CT molecular complexity index is 831. The molecule has 0 radical (unpaired) electrons. The lowest BCUT2D eigenvalue weighted by atomic mass is 9.86. The maximum atomic E-state index is 12.8. The summed E-state index contributed by atoms with van der Waals surface area (Å²) < 4.78 is 49.2. The van der Waals surface area contributed by atoms with Crippen LogP contribution in [0.2, 0.25) is 0 Å². The smallest absolute Gasteiger partial charge is 0.393 e. The summed E-state index contributed by atoms with van der Waals surface area (Å²) >= 11 is 1.32. The first-order valence-electron chi connectivity index (χ1n) is 8.54. The molecule has 0 saturated heterocycles. The van der Waals surface area contributed by atoms with Crippen molar-refractivity contribution in [2.75, 3.05) is 20.8 Å². The third-order valence-corrected chi connectivity index (χ3v) is 6.42. The topological polar surface area (TPSA) is 21.7 Å². The van der Waals surface area contributed by atoms with E-state index < -0.39 is 12.6 Å². The molecule has 1 aromatic carbocycles. The van der Waals surface area contributed by atoms with Gasteiger partial charge in [0, 0.05) is 34.4 Å². The van der Waals surface area contributed by atoms with Crippen LogP contribution in [0.5, 0.6) is 11.5 Å². The molecule has 0 bridgehead atoms. The second kappa shape index (κ2) is 6.46. The van der Waals surface area contributed by atoms with Gasteiger partial charge in [-0.05, 0) is 36.1 Å². The van der Waals surface area contributed by atoms with E-state index in [0.717, 1.165) is 47.7 Å². The monoisotopic (exact) mass is 383 g/mol. The highest BCUT2D eigenvalue weighted by Crippen LogP contribution is 2.45. The SMILES string of the molecule is COc1ccc2c(c1OC)CN1CCc3sc(CC(F)(F)F)cc3C1C2. The van der Waals surface area contributed by atoms with Gasteiger partial charge in [0.05, 0.1) is 20.6 Å². The molecular weight excluding hydrogens is 363 g/mol. The van der Waals surface area contributed by atoms with Gasteiger partial charge in [0.15, 0.2) is 11.5 Å². The van der Waals surface area contributed by atoms with Crippen molar-refractivity contribution >= 4 is 11.3 Å². The lowest BCUT2D eigenvalue weighted by Crippen LogP contribution is -2.38. The van der Waals surface area contributed by atoms with Crippen molar-refractivity contribution in [3.05, 3.63) is 44.6 Å². The van der Waals surface area contributed by atoms with Crippen molar-refractivity contribution in [1.82, 2.24) is 4.90 Å². The highest BCUT2D eigenvalue weighted by Gasteiger charge is 2.36. The first kappa shape index (κ1) is 17.7. The molecule has 1 atom stereocenters. The van der Waals surface area contributed by atoms with E-state index >= 15 is 0 Å². The maximum absolute atomic E-state index is 12.8. The molecule has 2 aliphatic heterocycles. The van der Waals surface area contributed by atoms with Crippen molar-refractivity contribution in [1.29, 1.82) is 0 Å². The number of fused-ring (bicyclic) bond motifs is 4. The quantitative estimate of drug-likeness (QED) is 0.778. The van der Waals surface area contributed by atoms with E-state index in [0.29, 0.717) is 10.6 Å². The minimum atomic E-state index is -4.16. The van der Waals surface area contributed by atoms with Gasteiger partial charge in [-0.25, -0.2) is 0 Å². The molecule has 0 aliphatic carbocycles. The fraction of sp³-hybridized carbons (Fsp3) is 0.474. The lowest BCUT2D eigenvalue weighted by Gasteiger charge is -2.40. The average molecular weight is 383 g/mol. The summed E-state index contributed by atoms with van der Waals surface area (Å²) in [6.45, 7) is 1.58. The number of methoxy groups -OCH3 is 2. The molecule has 1 unspecified atom stereocenters. The summed E-state index contributed by atoms with van der Waals surface area (Å²) in [5.41, 5.74) is 3.37. The lowest BCUT2D eigenvalue weighted by molar-refractivity contribution is -0.126. The number of ether oxygens (including phenoxy) is 2. The van der Waals surface area contributed by atoms with Crippen molar-refractivity contribution in [2.45, 2.75) is 38.0 Å². The minimum absolute atomic E-state index is 0.141. The van der Waals surface area contributed by atoms with Gasteiger partial charge in [-0.3, -0.25) is 4.90 Å². The third kappa shape index (κ3) is 3.07. The van der Waals surface area contributed by atoms with Crippen LogP contribution in [0.25, 0.3) is 0 Å². The summed E-state index contributed by atoms with van der Waals surface area (Å²) in [5, 5.41) is 0. The zero-order chi connectivity index (χ0) is 18.5. The highest BCUT2D eigenvalue weighted by atomic mass is 32.1. The largest absolute Gasteiger partial charge is 0.493 e. The standard InChI is InChI=1S/C19H20F3NO2S/c1-24-16-4-3-11-7-15-13-8-12(9-19(20,21)22)26-17(13)5-6-23(15)10-14(11)18(16)25-2/h3-4,8,15H,5-7,9-10H2,1-2H3. The molecule has 0 N–H and O–H groups in total. The van der Waals surface area contributed by atoms with Gasteiger partial charge >= 0.3 is 6.18 Å². The molecule has 3 heterocycles. The molecule has 4 rings (SSSR count). The predicted molar refractivity (Wildman–Crippen MR) is 94.2 cm³/mol. The van der Waals surface area contributed by atoms with Crippen LogP contribution >= 0.6 is 11.3 Å². The summed E-state index contributed by atoms with van der Waals surface area (Å²) in [6, 6.07) is 5.86. The van der Waals surface area contributed by atoms with Gasteiger partial charge in [-0.1, -0.05) is 6.07 Å². The number of thiophene rings is 1. The number of hydrogen-bond acceptors (Lipinski definition) is 4. The molecular formula is C19H20F3NO2S. The van der Waals surface area contributed by atoms with E-state index in [1.54, 1.807) is 20.3 Å². The molecule has 0 fully saturated rings. The van der Waals surface area contributed by atoms with E-state index in [-0.39, 0.29) is 6.04 Å². The highest BCUT2D eigenvalue weighted by molar-refractivity contribution is 7.12. The molecule has 2 aromatic rings. The Kier molecular flexibility index (Phi) is 4.39. The molecule has 26 heavy (non-hydrogen) atoms. The number of alkyl halides is 3. The van der Waals surface area contributed by atoms with Crippen molar-refractivity contribution in [2.24, 2.45) is 0 Å². The first-order chi connectivity index (χ1) is 12.4. The Morgan fingerprint density at radius 2 is 2.04 bits per heavy atom. The summed E-state index contributed by atoms with van der Waals surface area (Å²) in [4.78, 5) is 3.87. The Balaban J connectivity index is 1.68. The van der Waals surface area contributed by atoms with Crippen LogP contribution in [-0.4, -0.2) is 31.8 Å². The zero-order valence-corrected chi connectivity index (χ0v) is 15.5. The van der Waals surface area contributed by atoms with Gasteiger partial charge in [0.2, 0.25) is 0 Å². The third-order valence-electron chi connectivity index (χ3n) is 5.21. The molecule has 0 spiro atoms. The fourth-order valence-corrected chi connectivity index (χ4v) is 5.34. The van der Waals surface area contributed by atoms with Gasteiger partial charge in [0.1, 0.15) is 0 Å². The number of hydrogen-bond donors (Lipinski definition) is 0. The van der Waals surface area contributed by atoms with Crippen LogP contribution in [0.15, 0.2) is 18.2 Å². The van der Waals surface area contributed by atoms with E-state index in [4.69, 9.17) is 9.47 Å². The van der Waals surface area contributed by atoms with Crippen LogP contribution in [0.3, 0.4) is 0 Å². The summed E-state index contributed by atoms with van der Waals surface area (Å²) in [5.74, 6) is 1.47. The van der Waals surface area contributed by atoms with E-state index in [2.05, 4.69) is 4.90 Å². The van der Waals surface area contributed by atoms with Crippen LogP contribution in [0.1, 0.15) is 32.5 Å². The van der Waals surface area contributed by atoms with Crippen LogP contribution in [0.4, 0.5) is 13.2 Å². The summed E-state index contributed by atoms with van der Waals surface area (Å²) in [6.07, 6.45) is -3.41. The molecule has 140 valence electrons. The maximum Gasteiger partial charge on any atom is 0.393 e. The number of rotatable bonds is 3. The van der Waals surface area contributed by atoms with E-state index in [1.165, 1.54) is 16.9 Å². The second-order valence-electron chi connectivity index (χ2n) is 6.76. The number of halogens is 3. The van der Waals surface area contributed by atoms with Gasteiger partial charge in [0.25, 0.3) is 0 Å². The number of benzene rings is 1. The molecule has 3 nitrogen and oxygen atoms in total. The van der Waals surface area contributed by atoms with Gasteiger partial charge < -0.3 is 9.47 Å². The first-order valence-corrected chi connectivity index (χ1v) is 9.36. The van der Waals surface area contributed by atoms with Crippen molar-refractivity contribution < 1.29 is 22.6 Å². The Morgan fingerprint density at radius 3 is 2.73 bits per heavy atom. The predicted octanol–water partition coefficient (Wildman–Crippen LogP) is 4.53. The minimum Gasteiger partial charge on any atom is -0.493 e. The van der Waals surface area contributed by atoms with E-state index in [1.807, 2.05) is 12.1 Å². The van der Waals surface area contributed by atoms with Crippen LogP contribution in [-0.2, 0) is 25.8 Å². The van der Waals surface area contributed by atoms with Crippen molar-refractivity contribution in [3.8, 4) is 11.5 Å². The molecule has 2 aliphatic rings. The molecule has 1 aromatic heterocycles. The number of nitrogens with zero attached hydrogens (tertiary/aromatic N) is 1. The zero-order valence-electron chi connectivity index (χ0n) is 14.7. The van der Waals surface area contributed by atoms with Crippen LogP contribution < -0.4 is 9.47 Å². The van der Waals surface area contributed by atoms with Crippen molar-refractivity contribution in [3.63, 3.8) is 0 Å². The van der Waals surface area contributed by atoms with Gasteiger partial charge in [-0.15, -0.1) is 11.3 Å². The Labute approximate surface area is 154 Å². The molecule has 0 amide bonds. The normalized spacial score (nSPS) is 19.5. The van der Waals surface area contributed by atoms with E-state index in [9.17, 15) is 13.2 Å². The molecule has 7 heteroatoms. The van der Waals surface area contributed by atoms with Gasteiger partial charge in [-0.2, -0.15) is 13.2 Å². The Hall–Kier alpha value is -1.73.